The summed E-state index contributed by atoms with van der Waals surface area (Å²) in [7, 11) is 0. The van der Waals surface area contributed by atoms with E-state index in [9.17, 15) is 4.79 Å². The molecule has 90 valence electrons. The quantitative estimate of drug-likeness (QED) is 0.740. The van der Waals surface area contributed by atoms with Gasteiger partial charge in [-0.3, -0.25) is 9.69 Å². The first-order valence-corrected chi connectivity index (χ1v) is 6.68. The monoisotopic (exact) mass is 229 g/mol. The predicted octanol–water partition coefficient (Wildman–Crippen LogP) is 2.88. The van der Waals surface area contributed by atoms with Crippen LogP contribution >= 0.6 is 0 Å². The second-order valence-corrected chi connectivity index (χ2v) is 5.32. The summed E-state index contributed by atoms with van der Waals surface area (Å²) >= 11 is 0. The van der Waals surface area contributed by atoms with Crippen LogP contribution in [0.1, 0.15) is 41.6 Å². The number of carbonyl (C=O) groups is 1. The Kier molecular flexibility index (Phi) is 2.98. The minimum absolute atomic E-state index is 0.316. The van der Waals surface area contributed by atoms with Gasteiger partial charge in [0, 0.05) is 18.0 Å². The molecular formula is C15H19NO. The van der Waals surface area contributed by atoms with Crippen molar-refractivity contribution in [3.8, 4) is 0 Å². The highest BCUT2D eigenvalue weighted by Gasteiger charge is 2.26. The van der Waals surface area contributed by atoms with Gasteiger partial charge in [0.2, 0.25) is 0 Å². The topological polar surface area (TPSA) is 20.3 Å². The molecule has 1 aromatic rings. The number of ketones is 1. The maximum absolute atomic E-state index is 12.0. The maximum Gasteiger partial charge on any atom is 0.165 e. The first-order chi connectivity index (χ1) is 8.33. The molecule has 0 spiro atoms. The van der Waals surface area contributed by atoms with Gasteiger partial charge >= 0.3 is 0 Å². The summed E-state index contributed by atoms with van der Waals surface area (Å²) in [6.07, 6.45) is 4.74. The number of hydrogen-bond donors (Lipinski definition) is 0. The lowest BCUT2D eigenvalue weighted by molar-refractivity contribution is 0.0855. The largest absolute Gasteiger partial charge is 0.299 e. The van der Waals surface area contributed by atoms with Crippen LogP contribution in [0.15, 0.2) is 24.3 Å². The summed E-state index contributed by atoms with van der Waals surface area (Å²) in [6, 6.07) is 8.25. The number of nitrogens with zero attached hydrogens (tertiary/aromatic N) is 1. The lowest BCUT2D eigenvalue weighted by atomic mass is 9.80. The molecule has 0 unspecified atom stereocenters. The Labute approximate surface area is 103 Å². The molecule has 1 aliphatic heterocycles. The molecule has 0 amide bonds. The van der Waals surface area contributed by atoms with Crippen molar-refractivity contribution in [1.29, 1.82) is 0 Å². The highest BCUT2D eigenvalue weighted by atomic mass is 16.1. The van der Waals surface area contributed by atoms with E-state index in [1.807, 2.05) is 12.1 Å². The third kappa shape index (κ3) is 2.27. The zero-order chi connectivity index (χ0) is 11.7. The molecule has 2 aliphatic rings. The van der Waals surface area contributed by atoms with Crippen molar-refractivity contribution in [2.75, 3.05) is 13.1 Å². The van der Waals surface area contributed by atoms with Gasteiger partial charge in [0.1, 0.15) is 0 Å². The second kappa shape index (κ2) is 4.61. The smallest absolute Gasteiger partial charge is 0.165 e. The Balaban J connectivity index is 1.64. The van der Waals surface area contributed by atoms with Crippen molar-refractivity contribution in [2.45, 2.75) is 32.2 Å². The van der Waals surface area contributed by atoms with Crippen LogP contribution in [-0.4, -0.2) is 23.8 Å². The van der Waals surface area contributed by atoms with E-state index in [-0.39, 0.29) is 0 Å². The van der Waals surface area contributed by atoms with Crippen LogP contribution < -0.4 is 0 Å². The van der Waals surface area contributed by atoms with Crippen LogP contribution in [0.2, 0.25) is 0 Å². The van der Waals surface area contributed by atoms with Crippen LogP contribution in [-0.2, 0) is 6.54 Å². The van der Waals surface area contributed by atoms with E-state index in [2.05, 4.69) is 17.0 Å². The van der Waals surface area contributed by atoms with E-state index in [1.54, 1.807) is 0 Å². The zero-order valence-corrected chi connectivity index (χ0v) is 10.2. The van der Waals surface area contributed by atoms with Gasteiger partial charge in [0.05, 0.1) is 0 Å². The summed E-state index contributed by atoms with van der Waals surface area (Å²) in [6.45, 7) is 3.49. The highest BCUT2D eigenvalue weighted by molar-refractivity contribution is 5.98. The minimum atomic E-state index is 0.316. The summed E-state index contributed by atoms with van der Waals surface area (Å²) < 4.78 is 0. The van der Waals surface area contributed by atoms with Gasteiger partial charge in [-0.2, -0.15) is 0 Å². The van der Waals surface area contributed by atoms with Crippen LogP contribution in [0.25, 0.3) is 0 Å². The average molecular weight is 229 g/mol. The molecule has 2 fully saturated rings. The Morgan fingerprint density at radius 3 is 2.29 bits per heavy atom. The van der Waals surface area contributed by atoms with Gasteiger partial charge in [0.25, 0.3) is 0 Å². The van der Waals surface area contributed by atoms with Crippen molar-refractivity contribution in [3.63, 3.8) is 0 Å². The summed E-state index contributed by atoms with van der Waals surface area (Å²) in [4.78, 5) is 14.5. The van der Waals surface area contributed by atoms with E-state index in [1.165, 1.54) is 31.5 Å². The van der Waals surface area contributed by atoms with Crippen molar-refractivity contribution >= 4 is 5.78 Å². The van der Waals surface area contributed by atoms with Crippen molar-refractivity contribution in [2.24, 2.45) is 5.92 Å². The van der Waals surface area contributed by atoms with Gasteiger partial charge in [-0.05, 0) is 37.9 Å². The lowest BCUT2D eigenvalue weighted by Gasteiger charge is -2.30. The third-order valence-electron chi connectivity index (χ3n) is 4.07. The molecule has 0 atom stereocenters. The van der Waals surface area contributed by atoms with E-state index < -0.39 is 0 Å². The highest BCUT2D eigenvalue weighted by Crippen LogP contribution is 2.29. The normalized spacial score (nSPS) is 20.7. The van der Waals surface area contributed by atoms with Gasteiger partial charge in [-0.1, -0.05) is 30.7 Å². The molecule has 1 heterocycles. The van der Waals surface area contributed by atoms with E-state index in [0.29, 0.717) is 11.7 Å². The van der Waals surface area contributed by atoms with E-state index >= 15 is 0 Å². The third-order valence-corrected chi connectivity index (χ3v) is 4.07. The van der Waals surface area contributed by atoms with Gasteiger partial charge in [0.15, 0.2) is 5.78 Å². The predicted molar refractivity (Wildman–Crippen MR) is 68.0 cm³/mol. The molecule has 0 bridgehead atoms. The Bertz CT molecular complexity index is 401. The number of hydrogen-bond acceptors (Lipinski definition) is 2. The molecule has 17 heavy (non-hydrogen) atoms. The Morgan fingerprint density at radius 2 is 1.82 bits per heavy atom. The molecule has 2 heteroatoms. The Hall–Kier alpha value is -1.15. The van der Waals surface area contributed by atoms with E-state index in [4.69, 9.17) is 0 Å². The fraction of sp³-hybridized carbons (Fsp3) is 0.533. The van der Waals surface area contributed by atoms with Crippen molar-refractivity contribution in [1.82, 2.24) is 4.90 Å². The first kappa shape index (κ1) is 11.0. The van der Waals surface area contributed by atoms with Gasteiger partial charge in [-0.25, -0.2) is 0 Å². The molecule has 2 nitrogen and oxygen atoms in total. The molecule has 1 saturated carbocycles. The number of Topliss-reactive ketones (excluding diaryl/α,β-unsaturated/α-hetero) is 1. The van der Waals surface area contributed by atoms with Crippen LogP contribution in [0, 0.1) is 5.92 Å². The van der Waals surface area contributed by atoms with Crippen LogP contribution in [0.5, 0.6) is 0 Å². The molecular weight excluding hydrogens is 210 g/mol. The van der Waals surface area contributed by atoms with Crippen molar-refractivity contribution in [3.05, 3.63) is 35.4 Å². The SMILES string of the molecule is O=C(c1ccc(CN2CCC2)cc1)C1CCC1. The average Bonchev–Trinajstić information content (AvgIpc) is 2.22. The molecule has 1 saturated heterocycles. The first-order valence-electron chi connectivity index (χ1n) is 6.68. The Morgan fingerprint density at radius 1 is 1.12 bits per heavy atom. The molecule has 0 radical (unpaired) electrons. The van der Waals surface area contributed by atoms with E-state index in [0.717, 1.165) is 24.9 Å². The molecule has 1 aliphatic carbocycles. The zero-order valence-electron chi connectivity index (χ0n) is 10.2. The number of rotatable bonds is 4. The fourth-order valence-electron chi connectivity index (χ4n) is 2.48. The number of likely N-dealkylation sites (tertiary alicyclic amines) is 1. The molecule has 0 N–H and O–H groups in total. The van der Waals surface area contributed by atoms with Gasteiger partial charge in [-0.15, -0.1) is 0 Å². The second-order valence-electron chi connectivity index (χ2n) is 5.32. The lowest BCUT2D eigenvalue weighted by Crippen LogP contribution is -2.36. The maximum atomic E-state index is 12.0. The molecule has 3 rings (SSSR count). The van der Waals surface area contributed by atoms with Gasteiger partial charge < -0.3 is 0 Å². The standard InChI is InChI=1S/C15H19NO/c17-15(13-3-1-4-13)14-7-5-12(6-8-14)11-16-9-2-10-16/h5-8,13H,1-4,9-11H2. The summed E-state index contributed by atoms with van der Waals surface area (Å²) in [5.41, 5.74) is 2.23. The molecule has 0 aromatic heterocycles. The summed E-state index contributed by atoms with van der Waals surface area (Å²) in [5.74, 6) is 0.669. The minimum Gasteiger partial charge on any atom is -0.299 e. The molecule has 1 aromatic carbocycles. The number of carbonyl (C=O) groups excluding carboxylic acids is 1. The van der Waals surface area contributed by atoms with Crippen LogP contribution in [0.4, 0.5) is 0 Å². The number of benzene rings is 1. The van der Waals surface area contributed by atoms with Crippen LogP contribution in [0.3, 0.4) is 0 Å². The fourth-order valence-corrected chi connectivity index (χ4v) is 2.48. The van der Waals surface area contributed by atoms with Crippen molar-refractivity contribution < 1.29 is 4.79 Å². The summed E-state index contributed by atoms with van der Waals surface area (Å²) in [5, 5.41) is 0.